The molecule has 2 aromatic rings. The molecular weight excluding hydrogens is 362 g/mol. The second-order valence-corrected chi connectivity index (χ2v) is 6.24. The number of carboxylic acid groups (broad SMARTS) is 1. The minimum absolute atomic E-state index is 0.167. The number of carboxylic acids is 1. The van der Waals surface area contributed by atoms with E-state index >= 15 is 0 Å². The van der Waals surface area contributed by atoms with Crippen LogP contribution in [-0.2, 0) is 9.53 Å². The normalized spacial score (nSPS) is 30.3. The third-order valence-electron chi connectivity index (χ3n) is 4.49. The van der Waals surface area contributed by atoms with Crippen molar-refractivity contribution in [1.29, 1.82) is 0 Å². The van der Waals surface area contributed by atoms with Gasteiger partial charge in [-0.05, 0) is 19.4 Å². The Balaban J connectivity index is 0.000000221. The summed E-state index contributed by atoms with van der Waals surface area (Å²) in [5.74, 6) is -1.00. The Morgan fingerprint density at radius 1 is 1.30 bits per heavy atom. The lowest BCUT2D eigenvalue weighted by molar-refractivity contribution is -0.139. The molecule has 12 heteroatoms. The van der Waals surface area contributed by atoms with Crippen LogP contribution in [0.2, 0.25) is 0 Å². The van der Waals surface area contributed by atoms with Gasteiger partial charge in [0.15, 0.2) is 17.4 Å². The first kappa shape index (κ1) is 19.4. The molecule has 0 spiro atoms. The Morgan fingerprint density at radius 2 is 2.07 bits per heavy atom. The first-order chi connectivity index (χ1) is 12.9. The lowest BCUT2D eigenvalue weighted by Crippen LogP contribution is -2.33. The summed E-state index contributed by atoms with van der Waals surface area (Å²) < 4.78 is 6.73. The van der Waals surface area contributed by atoms with Gasteiger partial charge in [0.1, 0.15) is 30.7 Å². The predicted molar refractivity (Wildman–Crippen MR) is 88.7 cm³/mol. The lowest BCUT2D eigenvalue weighted by atomic mass is 10.1. The lowest BCUT2D eigenvalue weighted by Gasteiger charge is -2.16. The fraction of sp³-hybridized carbons (Fsp3) is 0.600. The van der Waals surface area contributed by atoms with Crippen LogP contribution in [0.4, 0.5) is 0 Å². The highest BCUT2D eigenvalue weighted by Gasteiger charge is 2.44. The number of ether oxygens (including phenoxy) is 1. The number of imidazole rings is 1. The zero-order chi connectivity index (χ0) is 19.6. The van der Waals surface area contributed by atoms with Crippen molar-refractivity contribution in [1.82, 2.24) is 24.8 Å². The van der Waals surface area contributed by atoms with Gasteiger partial charge >= 0.3 is 5.97 Å². The van der Waals surface area contributed by atoms with Crippen LogP contribution in [0.3, 0.4) is 0 Å². The van der Waals surface area contributed by atoms with Crippen molar-refractivity contribution < 1.29 is 35.1 Å². The second kappa shape index (κ2) is 8.10. The van der Waals surface area contributed by atoms with Gasteiger partial charge in [0.05, 0.1) is 12.9 Å². The third-order valence-corrected chi connectivity index (χ3v) is 4.49. The van der Waals surface area contributed by atoms with Gasteiger partial charge in [-0.25, -0.2) is 9.97 Å². The zero-order valence-corrected chi connectivity index (χ0v) is 14.2. The fourth-order valence-corrected chi connectivity index (χ4v) is 3.03. The highest BCUT2D eigenvalue weighted by Crippen LogP contribution is 2.32. The highest BCUT2D eigenvalue weighted by atomic mass is 16.6. The summed E-state index contributed by atoms with van der Waals surface area (Å²) in [5.41, 5.74) is 0.433. The molecule has 2 aliphatic heterocycles. The maximum Gasteiger partial charge on any atom is 0.320 e. The molecule has 2 fully saturated rings. The third kappa shape index (κ3) is 3.84. The Morgan fingerprint density at radius 3 is 2.63 bits per heavy atom. The standard InChI is InChI=1S/C10H12N4O5.C5H9NO2/c15-1-4-6(16)7(17)10(19-4)14-3-13-5-8(14)11-2-12-9(5)18;7-5(8)4-2-1-3-6-4/h2-4,6-7,10,15-17H,1H2,(H,11,12,18);4,6H,1-3H2,(H,7,8)/t4-,6-,7-,10-;4-/m10/s1. The molecule has 0 aromatic carbocycles. The predicted octanol–water partition coefficient (Wildman–Crippen LogP) is -2.03. The summed E-state index contributed by atoms with van der Waals surface area (Å²) in [4.78, 5) is 21.6. The second-order valence-electron chi connectivity index (χ2n) is 6.24. The smallest absolute Gasteiger partial charge is 0.320 e. The number of aromatic hydroxyl groups is 1. The molecule has 0 unspecified atom stereocenters. The largest absolute Gasteiger partial charge is 0.492 e. The van der Waals surface area contributed by atoms with E-state index in [2.05, 4.69) is 20.3 Å². The Kier molecular flexibility index (Phi) is 5.82. The van der Waals surface area contributed by atoms with E-state index in [1.165, 1.54) is 10.9 Å². The van der Waals surface area contributed by atoms with Crippen LogP contribution < -0.4 is 5.32 Å². The van der Waals surface area contributed by atoms with E-state index in [-0.39, 0.29) is 23.1 Å². The van der Waals surface area contributed by atoms with E-state index < -0.39 is 37.1 Å². The molecule has 5 atom stereocenters. The van der Waals surface area contributed by atoms with Crippen molar-refractivity contribution in [2.24, 2.45) is 0 Å². The van der Waals surface area contributed by atoms with Crippen molar-refractivity contribution in [3.05, 3.63) is 12.7 Å². The first-order valence-electron chi connectivity index (χ1n) is 8.39. The minimum atomic E-state index is -1.23. The molecule has 6 N–H and O–H groups in total. The number of rotatable bonds is 3. The summed E-state index contributed by atoms with van der Waals surface area (Å²) in [6.45, 7) is 0.443. The number of carbonyl (C=O) groups is 1. The molecule has 12 nitrogen and oxygen atoms in total. The van der Waals surface area contributed by atoms with Crippen molar-refractivity contribution in [3.63, 3.8) is 0 Å². The number of hydrogen-bond donors (Lipinski definition) is 6. The van der Waals surface area contributed by atoms with Crippen LogP contribution in [0.25, 0.3) is 11.2 Å². The van der Waals surface area contributed by atoms with Gasteiger partial charge in [0, 0.05) is 0 Å². The average molecular weight is 383 g/mol. The number of aromatic nitrogens is 4. The van der Waals surface area contributed by atoms with E-state index in [1.54, 1.807) is 0 Å². The molecule has 4 rings (SSSR count). The number of aliphatic hydroxyl groups excluding tert-OH is 3. The van der Waals surface area contributed by atoms with E-state index in [0.717, 1.165) is 25.7 Å². The Labute approximate surface area is 153 Å². The number of fused-ring (bicyclic) bond motifs is 1. The molecule has 0 radical (unpaired) electrons. The molecule has 0 aliphatic carbocycles. The van der Waals surface area contributed by atoms with E-state index in [9.17, 15) is 20.1 Å². The molecule has 148 valence electrons. The molecule has 27 heavy (non-hydrogen) atoms. The molecule has 2 saturated heterocycles. The van der Waals surface area contributed by atoms with Gasteiger partial charge in [-0.2, -0.15) is 4.98 Å². The van der Waals surface area contributed by atoms with Gasteiger partial charge in [-0.3, -0.25) is 9.36 Å². The van der Waals surface area contributed by atoms with E-state index in [0.29, 0.717) is 0 Å². The molecule has 2 aromatic heterocycles. The van der Waals surface area contributed by atoms with Crippen LogP contribution in [0.15, 0.2) is 12.7 Å². The minimum Gasteiger partial charge on any atom is -0.492 e. The highest BCUT2D eigenvalue weighted by molar-refractivity contribution is 5.75. The van der Waals surface area contributed by atoms with Crippen molar-refractivity contribution in [3.8, 4) is 5.88 Å². The number of nitrogens with one attached hydrogen (secondary N) is 1. The SMILES string of the molecule is O=C(O)[C@@H]1CCCN1.OC[C@H]1O[C@@H](n2cnc3c(O)ncnc32)[C@H](O)[C@@H]1O. The molecular formula is C15H21N5O7. The Bertz CT molecular complexity index is 794. The topological polar surface area (TPSA) is 183 Å². The summed E-state index contributed by atoms with van der Waals surface area (Å²) in [7, 11) is 0. The van der Waals surface area contributed by atoms with E-state index in [4.69, 9.17) is 14.9 Å². The van der Waals surface area contributed by atoms with E-state index in [1.807, 2.05) is 0 Å². The first-order valence-corrected chi connectivity index (χ1v) is 8.39. The molecule has 0 saturated carbocycles. The Hall–Kier alpha value is -2.38. The van der Waals surface area contributed by atoms with Gasteiger partial charge in [0.25, 0.3) is 0 Å². The van der Waals surface area contributed by atoms with Gasteiger partial charge in [-0.15, -0.1) is 0 Å². The quantitative estimate of drug-likeness (QED) is 0.343. The molecule has 4 heterocycles. The van der Waals surface area contributed by atoms with Crippen LogP contribution in [0.1, 0.15) is 19.1 Å². The number of hydrogen-bond acceptors (Lipinski definition) is 10. The van der Waals surface area contributed by atoms with Gasteiger partial charge in [0.2, 0.25) is 5.88 Å². The zero-order valence-electron chi connectivity index (χ0n) is 14.2. The van der Waals surface area contributed by atoms with Crippen LogP contribution in [-0.4, -0.2) is 88.5 Å². The van der Waals surface area contributed by atoms with Crippen LogP contribution in [0.5, 0.6) is 5.88 Å². The maximum absolute atomic E-state index is 10.1. The summed E-state index contributed by atoms with van der Waals surface area (Å²) in [6, 6.07) is -0.269. The summed E-state index contributed by atoms with van der Waals surface area (Å²) in [5, 5.41) is 49.4. The van der Waals surface area contributed by atoms with Crippen LogP contribution in [0, 0.1) is 0 Å². The average Bonchev–Trinajstić information content (AvgIpc) is 3.37. The number of aliphatic hydroxyl groups is 3. The number of aliphatic carboxylic acids is 1. The van der Waals surface area contributed by atoms with Crippen molar-refractivity contribution in [2.45, 2.75) is 43.4 Å². The molecule has 0 amide bonds. The maximum atomic E-state index is 10.1. The molecule has 2 aliphatic rings. The fourth-order valence-electron chi connectivity index (χ4n) is 3.03. The van der Waals surface area contributed by atoms with Crippen LogP contribution >= 0.6 is 0 Å². The number of nitrogens with zero attached hydrogens (tertiary/aromatic N) is 4. The summed E-state index contributed by atoms with van der Waals surface area (Å²) in [6.07, 6.45) is -0.00283. The van der Waals surface area contributed by atoms with Gasteiger partial charge in [-0.1, -0.05) is 0 Å². The monoisotopic (exact) mass is 383 g/mol. The van der Waals surface area contributed by atoms with Crippen molar-refractivity contribution in [2.75, 3.05) is 13.2 Å². The van der Waals surface area contributed by atoms with Crippen molar-refractivity contribution >= 4 is 17.1 Å². The summed E-state index contributed by atoms with van der Waals surface area (Å²) >= 11 is 0. The molecule has 0 bridgehead atoms. The van der Waals surface area contributed by atoms with Gasteiger partial charge < -0.3 is 35.6 Å².